The van der Waals surface area contributed by atoms with Gasteiger partial charge in [0, 0.05) is 6.42 Å². The maximum Gasteiger partial charge on any atom is 0.280 e. The van der Waals surface area contributed by atoms with Crippen molar-refractivity contribution < 1.29 is 19.3 Å². The van der Waals surface area contributed by atoms with E-state index < -0.39 is 16.1 Å². The average Bonchev–Trinajstić information content (AvgIpc) is 2.39. The summed E-state index contributed by atoms with van der Waals surface area (Å²) in [6, 6.07) is 3.21. The van der Waals surface area contributed by atoms with Crippen molar-refractivity contribution >= 4 is 11.4 Å². The van der Waals surface area contributed by atoms with Gasteiger partial charge in [-0.2, -0.15) is 0 Å². The second-order valence-electron chi connectivity index (χ2n) is 4.11. The van der Waals surface area contributed by atoms with Crippen LogP contribution in [-0.2, 0) is 4.74 Å². The molecule has 2 rings (SSSR count). The topological polar surface area (TPSA) is 105 Å². The van der Waals surface area contributed by atoms with Crippen LogP contribution in [0.3, 0.4) is 0 Å². The van der Waals surface area contributed by atoms with Crippen LogP contribution in [-0.4, -0.2) is 22.7 Å². The summed E-state index contributed by atoms with van der Waals surface area (Å²) in [7, 11) is 0. The minimum absolute atomic E-state index is 0.0767. The van der Waals surface area contributed by atoms with Crippen molar-refractivity contribution in [2.75, 3.05) is 6.61 Å². The molecule has 0 aliphatic carbocycles. The molecule has 1 heterocycles. The highest BCUT2D eigenvalue weighted by Gasteiger charge is 2.20. The second kappa shape index (κ2) is 5.61. The van der Waals surface area contributed by atoms with Gasteiger partial charge in [0.2, 0.25) is 0 Å². The van der Waals surface area contributed by atoms with E-state index in [9.17, 15) is 20.2 Å². The minimum Gasteiger partial charge on any atom is -0.464 e. The molecule has 1 aliphatic rings. The van der Waals surface area contributed by atoms with Gasteiger partial charge in [-0.1, -0.05) is 0 Å². The Labute approximate surface area is 108 Å². The molecule has 102 valence electrons. The molecule has 0 bridgehead atoms. The molecule has 1 aliphatic heterocycles. The first-order valence-electron chi connectivity index (χ1n) is 5.78. The third-order valence-electron chi connectivity index (χ3n) is 2.70. The first-order chi connectivity index (χ1) is 9.06. The first-order valence-corrected chi connectivity index (χ1v) is 5.78. The van der Waals surface area contributed by atoms with E-state index in [-0.39, 0.29) is 17.1 Å². The molecule has 19 heavy (non-hydrogen) atoms. The summed E-state index contributed by atoms with van der Waals surface area (Å²) in [4.78, 5) is 20.0. The van der Waals surface area contributed by atoms with Crippen molar-refractivity contribution in [3.63, 3.8) is 0 Å². The maximum atomic E-state index is 10.7. The van der Waals surface area contributed by atoms with Crippen molar-refractivity contribution in [1.29, 1.82) is 0 Å². The van der Waals surface area contributed by atoms with Crippen molar-refractivity contribution in [2.45, 2.75) is 25.6 Å². The summed E-state index contributed by atoms with van der Waals surface area (Å²) in [5.74, 6) is 0.0767. The summed E-state index contributed by atoms with van der Waals surface area (Å²) in [6.45, 7) is 0.557. The average molecular weight is 268 g/mol. The van der Waals surface area contributed by atoms with Gasteiger partial charge in [-0.25, -0.2) is 0 Å². The molecule has 1 atom stereocenters. The molecule has 0 spiro atoms. The lowest BCUT2D eigenvalue weighted by Gasteiger charge is -2.23. The molecule has 0 N–H and O–H groups in total. The zero-order valence-corrected chi connectivity index (χ0v) is 9.98. The Bertz CT molecular complexity index is 466. The van der Waals surface area contributed by atoms with Gasteiger partial charge in [0.1, 0.15) is 5.75 Å². The van der Waals surface area contributed by atoms with Crippen LogP contribution in [0.4, 0.5) is 11.4 Å². The van der Waals surface area contributed by atoms with Gasteiger partial charge in [-0.3, -0.25) is 20.2 Å². The Morgan fingerprint density at radius 3 is 2.21 bits per heavy atom. The van der Waals surface area contributed by atoms with Crippen molar-refractivity contribution in [2.24, 2.45) is 0 Å². The highest BCUT2D eigenvalue weighted by atomic mass is 16.7. The quantitative estimate of drug-likeness (QED) is 0.613. The molecule has 8 nitrogen and oxygen atoms in total. The largest absolute Gasteiger partial charge is 0.464 e. The summed E-state index contributed by atoms with van der Waals surface area (Å²) in [6.07, 6.45) is 2.03. The lowest BCUT2D eigenvalue weighted by molar-refractivity contribution is -0.394. The Hall–Kier alpha value is -2.22. The molecule has 1 fully saturated rings. The number of rotatable bonds is 4. The van der Waals surface area contributed by atoms with E-state index in [1.807, 2.05) is 0 Å². The smallest absolute Gasteiger partial charge is 0.280 e. The molecule has 1 saturated heterocycles. The first kappa shape index (κ1) is 13.2. The van der Waals surface area contributed by atoms with Gasteiger partial charge in [-0.05, 0) is 12.8 Å². The summed E-state index contributed by atoms with van der Waals surface area (Å²) < 4.78 is 10.7. The van der Waals surface area contributed by atoms with Crippen LogP contribution in [0.25, 0.3) is 0 Å². The Morgan fingerprint density at radius 1 is 1.11 bits per heavy atom. The zero-order valence-electron chi connectivity index (χ0n) is 9.98. The van der Waals surface area contributed by atoms with Crippen molar-refractivity contribution in [3.05, 3.63) is 38.4 Å². The van der Waals surface area contributed by atoms with E-state index in [1.165, 1.54) is 0 Å². The van der Waals surface area contributed by atoms with Crippen LogP contribution < -0.4 is 4.74 Å². The van der Waals surface area contributed by atoms with Gasteiger partial charge >= 0.3 is 0 Å². The molecular formula is C11H12N2O6. The van der Waals surface area contributed by atoms with Crippen LogP contribution >= 0.6 is 0 Å². The standard InChI is InChI=1S/C11H12N2O6/c14-12(15)8-5-9(13(16)17)7-10(6-8)19-11-3-1-2-4-18-11/h5-7,11H,1-4H2. The molecule has 8 heteroatoms. The highest BCUT2D eigenvalue weighted by Crippen LogP contribution is 2.29. The molecule has 1 unspecified atom stereocenters. The van der Waals surface area contributed by atoms with E-state index in [4.69, 9.17) is 9.47 Å². The lowest BCUT2D eigenvalue weighted by atomic mass is 10.2. The molecule has 0 amide bonds. The number of nitro groups is 2. The van der Waals surface area contributed by atoms with Gasteiger partial charge in [0.15, 0.2) is 6.29 Å². The summed E-state index contributed by atoms with van der Waals surface area (Å²) >= 11 is 0. The fourth-order valence-corrected chi connectivity index (χ4v) is 1.80. The monoisotopic (exact) mass is 268 g/mol. The predicted molar refractivity (Wildman–Crippen MR) is 64.0 cm³/mol. The molecule has 0 saturated carbocycles. The molecule has 1 aromatic carbocycles. The van der Waals surface area contributed by atoms with Crippen LogP contribution in [0.15, 0.2) is 18.2 Å². The van der Waals surface area contributed by atoms with Crippen LogP contribution in [0.1, 0.15) is 19.3 Å². The normalized spacial score (nSPS) is 18.8. The van der Waals surface area contributed by atoms with E-state index in [2.05, 4.69) is 0 Å². The van der Waals surface area contributed by atoms with Crippen LogP contribution in [0.2, 0.25) is 0 Å². The molecule has 1 aromatic rings. The molecular weight excluding hydrogens is 256 g/mol. The summed E-state index contributed by atoms with van der Waals surface area (Å²) in [5.41, 5.74) is -0.750. The number of hydrogen-bond donors (Lipinski definition) is 0. The highest BCUT2D eigenvalue weighted by molar-refractivity contribution is 5.49. The third-order valence-corrected chi connectivity index (χ3v) is 2.70. The summed E-state index contributed by atoms with van der Waals surface area (Å²) in [5, 5.41) is 21.4. The van der Waals surface area contributed by atoms with E-state index in [0.29, 0.717) is 13.0 Å². The Kier molecular flexibility index (Phi) is 3.91. The van der Waals surface area contributed by atoms with Crippen molar-refractivity contribution in [1.82, 2.24) is 0 Å². The minimum atomic E-state index is -0.693. The van der Waals surface area contributed by atoms with Crippen molar-refractivity contribution in [3.8, 4) is 5.75 Å². The number of hydrogen-bond acceptors (Lipinski definition) is 6. The number of non-ortho nitro benzene ring substituents is 2. The van der Waals surface area contributed by atoms with E-state index >= 15 is 0 Å². The maximum absolute atomic E-state index is 10.7. The number of ether oxygens (including phenoxy) is 2. The van der Waals surface area contributed by atoms with Gasteiger partial charge in [-0.15, -0.1) is 0 Å². The van der Waals surface area contributed by atoms with Gasteiger partial charge < -0.3 is 9.47 Å². The molecule has 0 radical (unpaired) electrons. The second-order valence-corrected chi connectivity index (χ2v) is 4.11. The fourth-order valence-electron chi connectivity index (χ4n) is 1.80. The van der Waals surface area contributed by atoms with Gasteiger partial charge in [0.05, 0.1) is 34.7 Å². The third kappa shape index (κ3) is 3.38. The fraction of sp³-hybridized carbons (Fsp3) is 0.455. The lowest BCUT2D eigenvalue weighted by Crippen LogP contribution is -2.25. The van der Waals surface area contributed by atoms with Gasteiger partial charge in [0.25, 0.3) is 11.4 Å². The number of nitrogens with zero attached hydrogens (tertiary/aromatic N) is 2. The molecule has 0 aromatic heterocycles. The SMILES string of the molecule is O=[N+]([O-])c1cc(OC2CCCCO2)cc([N+](=O)[O-])c1. The zero-order chi connectivity index (χ0) is 13.8. The Balaban J connectivity index is 2.22. The van der Waals surface area contributed by atoms with E-state index in [1.54, 1.807) is 0 Å². The number of benzene rings is 1. The Morgan fingerprint density at radius 2 is 1.74 bits per heavy atom. The van der Waals surface area contributed by atoms with Crippen LogP contribution in [0.5, 0.6) is 5.75 Å². The van der Waals surface area contributed by atoms with Crippen LogP contribution in [0, 0.1) is 20.2 Å². The number of nitro benzene ring substituents is 2. The predicted octanol–water partition coefficient (Wildman–Crippen LogP) is 2.41. The van der Waals surface area contributed by atoms with E-state index in [0.717, 1.165) is 31.0 Å².